The summed E-state index contributed by atoms with van der Waals surface area (Å²) in [6, 6.07) is 13.1. The molecule has 2 aromatic heterocycles. The van der Waals surface area contributed by atoms with Gasteiger partial charge < -0.3 is 14.4 Å². The second kappa shape index (κ2) is 7.50. The van der Waals surface area contributed by atoms with E-state index in [1.165, 1.54) is 11.6 Å². The Hall–Kier alpha value is -3.10. The molecule has 7 nitrogen and oxygen atoms in total. The van der Waals surface area contributed by atoms with Crippen LogP contribution in [-0.4, -0.2) is 25.4 Å². The molecule has 0 spiro atoms. The predicted octanol–water partition coefficient (Wildman–Crippen LogP) is 3.60. The summed E-state index contributed by atoms with van der Waals surface area (Å²) in [4.78, 5) is 26.3. The molecule has 0 fully saturated rings. The Morgan fingerprint density at radius 3 is 2.62 bits per heavy atom. The van der Waals surface area contributed by atoms with E-state index in [4.69, 9.17) is 4.74 Å². The molecule has 0 saturated heterocycles. The maximum Gasteiger partial charge on any atom is 0.331 e. The zero-order valence-corrected chi connectivity index (χ0v) is 19.5. The highest BCUT2D eigenvalue weighted by atomic mass is 79.9. The van der Waals surface area contributed by atoms with Crippen molar-refractivity contribution in [3.63, 3.8) is 0 Å². The lowest BCUT2D eigenvalue weighted by Gasteiger charge is -2.28. The minimum atomic E-state index is -0.639. The second-order valence-electron chi connectivity index (χ2n) is 8.14. The van der Waals surface area contributed by atoms with E-state index < -0.39 is 11.8 Å². The normalized spacial score (nSPS) is 15.8. The van der Waals surface area contributed by atoms with E-state index in [0.717, 1.165) is 25.9 Å². The average molecular weight is 496 g/mol. The zero-order chi connectivity index (χ0) is 22.7. The van der Waals surface area contributed by atoms with E-state index >= 15 is 0 Å². The predicted molar refractivity (Wildman–Crippen MR) is 126 cm³/mol. The fourth-order valence-corrected chi connectivity index (χ4v) is 5.02. The highest BCUT2D eigenvalue weighted by molar-refractivity contribution is 9.10. The molecule has 1 N–H and O–H groups in total. The summed E-state index contributed by atoms with van der Waals surface area (Å²) in [7, 11) is 3.16. The highest BCUT2D eigenvalue weighted by Gasteiger charge is 2.34. The first-order valence-corrected chi connectivity index (χ1v) is 11.1. The van der Waals surface area contributed by atoms with E-state index in [9.17, 15) is 14.7 Å². The molecule has 1 atom stereocenters. The number of hydrogen-bond acceptors (Lipinski definition) is 4. The second-order valence-corrected chi connectivity index (χ2v) is 9.05. The van der Waals surface area contributed by atoms with Crippen molar-refractivity contribution in [3.8, 4) is 17.0 Å². The van der Waals surface area contributed by atoms with Gasteiger partial charge in [0.25, 0.3) is 5.56 Å². The smallest absolute Gasteiger partial charge is 0.331 e. The number of phenols is 1. The molecule has 1 aliphatic rings. The van der Waals surface area contributed by atoms with E-state index in [-0.39, 0.29) is 11.3 Å². The van der Waals surface area contributed by atoms with Crippen molar-refractivity contribution >= 4 is 26.8 Å². The van der Waals surface area contributed by atoms with Crippen LogP contribution in [0.1, 0.15) is 22.9 Å². The van der Waals surface area contributed by atoms with Gasteiger partial charge >= 0.3 is 5.69 Å². The Kier molecular flexibility index (Phi) is 4.87. The van der Waals surface area contributed by atoms with E-state index in [0.29, 0.717) is 35.3 Å². The van der Waals surface area contributed by atoms with Crippen LogP contribution in [0.2, 0.25) is 0 Å². The number of halogens is 1. The Labute approximate surface area is 192 Å². The van der Waals surface area contributed by atoms with Crippen molar-refractivity contribution in [2.45, 2.75) is 19.6 Å². The number of hydrogen-bond donors (Lipinski definition) is 1. The molecule has 0 unspecified atom stereocenters. The number of phenolic OH excluding ortho intramolecular Hbond substituents is 1. The van der Waals surface area contributed by atoms with E-state index in [2.05, 4.69) is 20.5 Å². The van der Waals surface area contributed by atoms with Gasteiger partial charge in [-0.3, -0.25) is 13.9 Å². The van der Waals surface area contributed by atoms with Gasteiger partial charge in [0.05, 0.1) is 28.9 Å². The van der Waals surface area contributed by atoms with Crippen molar-refractivity contribution < 1.29 is 9.84 Å². The number of aromatic hydroxyl groups is 1. The number of aromatic nitrogens is 3. The molecule has 3 heterocycles. The molecule has 0 radical (unpaired) electrons. The van der Waals surface area contributed by atoms with Gasteiger partial charge in [0.1, 0.15) is 11.9 Å². The van der Waals surface area contributed by atoms with Crippen LogP contribution in [0.5, 0.6) is 5.75 Å². The van der Waals surface area contributed by atoms with Gasteiger partial charge in [0, 0.05) is 30.7 Å². The monoisotopic (exact) mass is 495 g/mol. The van der Waals surface area contributed by atoms with Crippen LogP contribution in [-0.2, 0) is 25.4 Å². The van der Waals surface area contributed by atoms with Crippen LogP contribution in [0.4, 0.5) is 0 Å². The van der Waals surface area contributed by atoms with Gasteiger partial charge in [-0.2, -0.15) is 0 Å². The average Bonchev–Trinajstić information content (AvgIpc) is 3.13. The highest BCUT2D eigenvalue weighted by Crippen LogP contribution is 2.43. The fraction of sp³-hybridized carbons (Fsp3) is 0.250. The molecule has 0 saturated carbocycles. The molecule has 5 rings (SSSR count). The van der Waals surface area contributed by atoms with Gasteiger partial charge in [-0.1, -0.05) is 39.7 Å². The minimum absolute atomic E-state index is 0.0898. The van der Waals surface area contributed by atoms with Crippen molar-refractivity contribution in [1.82, 2.24) is 13.7 Å². The standard InChI is InChI=1S/C24H22BrN3O4/c1-13-5-4-6-14(11-13)19-18-20(26(2)24(31)27(3)23(18)30)21-22(32-10-9-28(19)21)16-12-15(25)7-8-17(16)29/h4-8,11-12,22,29H,9-10H2,1-3H3/t22-/m0/s1. The molecule has 8 heteroatoms. The first-order chi connectivity index (χ1) is 15.3. The van der Waals surface area contributed by atoms with Crippen LogP contribution in [0.25, 0.3) is 22.2 Å². The molecule has 0 aliphatic carbocycles. The number of aryl methyl sites for hydroxylation is 2. The molecule has 2 aromatic carbocycles. The summed E-state index contributed by atoms with van der Waals surface area (Å²) in [5, 5.41) is 11.1. The number of benzene rings is 2. The van der Waals surface area contributed by atoms with Gasteiger partial charge in [0.15, 0.2) is 0 Å². The van der Waals surface area contributed by atoms with Gasteiger partial charge in [-0.15, -0.1) is 0 Å². The van der Waals surface area contributed by atoms with E-state index in [1.807, 2.05) is 31.2 Å². The summed E-state index contributed by atoms with van der Waals surface area (Å²) in [6.07, 6.45) is -0.639. The molecule has 32 heavy (non-hydrogen) atoms. The molecule has 4 aromatic rings. The van der Waals surface area contributed by atoms with Crippen molar-refractivity contribution in [3.05, 3.63) is 84.6 Å². The quantitative estimate of drug-likeness (QED) is 0.460. The Morgan fingerprint density at radius 2 is 1.88 bits per heavy atom. The lowest BCUT2D eigenvalue weighted by atomic mass is 10.0. The largest absolute Gasteiger partial charge is 0.508 e. The molecule has 0 amide bonds. The van der Waals surface area contributed by atoms with Crippen LogP contribution in [0.15, 0.2) is 56.5 Å². The number of ether oxygens (including phenoxy) is 1. The zero-order valence-electron chi connectivity index (χ0n) is 17.9. The van der Waals surface area contributed by atoms with Crippen LogP contribution in [0.3, 0.4) is 0 Å². The maximum atomic E-state index is 13.4. The van der Waals surface area contributed by atoms with Crippen molar-refractivity contribution in [2.24, 2.45) is 14.1 Å². The van der Waals surface area contributed by atoms with Gasteiger partial charge in [-0.05, 0) is 36.8 Å². The third-order valence-electron chi connectivity index (χ3n) is 6.12. The van der Waals surface area contributed by atoms with Gasteiger partial charge in [0.2, 0.25) is 0 Å². The number of rotatable bonds is 2. The van der Waals surface area contributed by atoms with Crippen LogP contribution < -0.4 is 11.2 Å². The molecule has 1 aliphatic heterocycles. The summed E-state index contributed by atoms with van der Waals surface area (Å²) >= 11 is 3.47. The summed E-state index contributed by atoms with van der Waals surface area (Å²) in [6.45, 7) is 2.93. The molecule has 0 bridgehead atoms. The Morgan fingerprint density at radius 1 is 1.09 bits per heavy atom. The Bertz CT molecular complexity index is 1510. The van der Waals surface area contributed by atoms with Gasteiger partial charge in [-0.25, -0.2) is 4.79 Å². The van der Waals surface area contributed by atoms with Crippen molar-refractivity contribution in [1.29, 1.82) is 0 Å². The summed E-state index contributed by atoms with van der Waals surface area (Å²) in [5.74, 6) is 0.0898. The first-order valence-electron chi connectivity index (χ1n) is 10.3. The molecular weight excluding hydrogens is 474 g/mol. The third kappa shape index (κ3) is 2.97. The topological polar surface area (TPSA) is 78.4 Å². The molecular formula is C24H22BrN3O4. The fourth-order valence-electron chi connectivity index (χ4n) is 4.64. The molecule has 164 valence electrons. The van der Waals surface area contributed by atoms with Crippen molar-refractivity contribution in [2.75, 3.05) is 6.61 Å². The SMILES string of the molecule is Cc1cccc(-c2c3c(=O)n(C)c(=O)n(C)c3c3n2CCO[C@H]3c2cc(Br)ccc2O)c1. The third-order valence-corrected chi connectivity index (χ3v) is 6.61. The Balaban J connectivity index is 1.97. The van der Waals surface area contributed by atoms with E-state index in [1.54, 1.807) is 25.2 Å². The van der Waals surface area contributed by atoms with Crippen LogP contribution >= 0.6 is 15.9 Å². The lowest BCUT2D eigenvalue weighted by molar-refractivity contribution is 0.0464. The number of nitrogens with zero attached hydrogens (tertiary/aromatic N) is 3. The van der Waals surface area contributed by atoms with Crippen LogP contribution in [0, 0.1) is 6.92 Å². The lowest BCUT2D eigenvalue weighted by Crippen LogP contribution is -2.37. The summed E-state index contributed by atoms with van der Waals surface area (Å²) in [5.41, 5.74) is 3.76. The number of fused-ring (bicyclic) bond motifs is 3. The first kappa shape index (κ1) is 20.8. The summed E-state index contributed by atoms with van der Waals surface area (Å²) < 4.78 is 11.6. The minimum Gasteiger partial charge on any atom is -0.508 e. The maximum absolute atomic E-state index is 13.4.